The molecule has 0 aliphatic rings. The highest BCUT2D eigenvalue weighted by atomic mass is 19.1. The number of carboxylic acids is 1. The van der Waals surface area contributed by atoms with Crippen molar-refractivity contribution < 1.29 is 14.3 Å². The van der Waals surface area contributed by atoms with Gasteiger partial charge in [0.15, 0.2) is 0 Å². The molecule has 0 amide bonds. The number of carboxylic acid groups (broad SMARTS) is 1. The number of hydrogen-bond donors (Lipinski definition) is 2. The van der Waals surface area contributed by atoms with E-state index < -0.39 is 22.9 Å². The molecule has 2 heterocycles. The minimum absolute atomic E-state index is 0.383. The van der Waals surface area contributed by atoms with Gasteiger partial charge >= 0.3 is 5.97 Å². The largest absolute Gasteiger partial charge is 0.477 e. The lowest BCUT2D eigenvalue weighted by Crippen LogP contribution is -2.23. The van der Waals surface area contributed by atoms with Crippen molar-refractivity contribution in [1.82, 2.24) is 4.40 Å². The van der Waals surface area contributed by atoms with E-state index in [1.807, 2.05) is 0 Å². The first-order valence-electron chi connectivity index (χ1n) is 5.22. The van der Waals surface area contributed by atoms with Crippen LogP contribution in [0.5, 0.6) is 0 Å². The first kappa shape index (κ1) is 12.1. The normalized spacial score (nSPS) is 10.6. The van der Waals surface area contributed by atoms with Crippen LogP contribution in [0.2, 0.25) is 0 Å². The molecule has 6 heteroatoms. The first-order valence-corrected chi connectivity index (χ1v) is 5.22. The fraction of sp³-hybridized carbons (Fsp3) is 0.167. The van der Waals surface area contributed by atoms with Crippen LogP contribution < -0.4 is 10.9 Å². The molecule has 0 aromatic carbocycles. The fourth-order valence-corrected chi connectivity index (χ4v) is 1.77. The maximum absolute atomic E-state index is 13.5. The van der Waals surface area contributed by atoms with E-state index in [4.69, 9.17) is 5.11 Å². The second-order valence-corrected chi connectivity index (χ2v) is 3.89. The summed E-state index contributed by atoms with van der Waals surface area (Å²) in [7, 11) is 1.60. The number of aryl methyl sites for hydroxylation is 1. The van der Waals surface area contributed by atoms with Crippen molar-refractivity contribution in [2.45, 2.75) is 6.92 Å². The maximum atomic E-state index is 13.5. The van der Waals surface area contributed by atoms with Crippen molar-refractivity contribution in [1.29, 1.82) is 0 Å². The molecule has 0 radical (unpaired) electrons. The summed E-state index contributed by atoms with van der Waals surface area (Å²) in [6.45, 7) is 1.57. The fourth-order valence-electron chi connectivity index (χ4n) is 1.77. The van der Waals surface area contributed by atoms with E-state index in [9.17, 15) is 14.0 Å². The molecule has 0 saturated carbocycles. The summed E-state index contributed by atoms with van der Waals surface area (Å²) < 4.78 is 14.5. The number of aromatic nitrogens is 1. The quantitative estimate of drug-likeness (QED) is 0.847. The zero-order chi connectivity index (χ0) is 13.4. The van der Waals surface area contributed by atoms with Crippen molar-refractivity contribution >= 4 is 17.2 Å². The molecule has 94 valence electrons. The second kappa shape index (κ2) is 4.14. The summed E-state index contributed by atoms with van der Waals surface area (Å²) in [4.78, 5) is 22.8. The molecular weight excluding hydrogens is 239 g/mol. The standard InChI is InChI=1S/C12H11FN2O3/c1-6-3-10-9(14-2)4-7(12(17)18)11(16)15(10)5-8(6)13/h3-5,14H,1-2H3,(H,17,18). The molecule has 0 bridgehead atoms. The maximum Gasteiger partial charge on any atom is 0.341 e. The Bertz CT molecular complexity index is 707. The number of fused-ring (bicyclic) bond motifs is 1. The van der Waals surface area contributed by atoms with Crippen LogP contribution in [0.4, 0.5) is 10.1 Å². The molecule has 2 N–H and O–H groups in total. The van der Waals surface area contributed by atoms with Gasteiger partial charge in [0.05, 0.1) is 11.2 Å². The molecule has 2 aromatic heterocycles. The smallest absolute Gasteiger partial charge is 0.341 e. The molecule has 18 heavy (non-hydrogen) atoms. The van der Waals surface area contributed by atoms with Crippen LogP contribution in [0.1, 0.15) is 15.9 Å². The van der Waals surface area contributed by atoms with Gasteiger partial charge in [-0.3, -0.25) is 9.20 Å². The number of nitrogens with one attached hydrogen (secondary N) is 1. The number of carbonyl (C=O) groups is 1. The topological polar surface area (TPSA) is 70.8 Å². The van der Waals surface area contributed by atoms with E-state index in [0.29, 0.717) is 16.8 Å². The van der Waals surface area contributed by atoms with E-state index >= 15 is 0 Å². The van der Waals surface area contributed by atoms with Crippen molar-refractivity contribution in [2.75, 3.05) is 12.4 Å². The van der Waals surface area contributed by atoms with E-state index in [1.54, 1.807) is 14.0 Å². The number of aromatic carboxylic acids is 1. The third-order valence-electron chi connectivity index (χ3n) is 2.75. The van der Waals surface area contributed by atoms with Crippen LogP contribution in [0.15, 0.2) is 23.1 Å². The third kappa shape index (κ3) is 1.71. The van der Waals surface area contributed by atoms with Gasteiger partial charge in [-0.1, -0.05) is 0 Å². The molecule has 5 nitrogen and oxygen atoms in total. The van der Waals surface area contributed by atoms with Crippen molar-refractivity contribution in [3.05, 3.63) is 45.6 Å². The Morgan fingerprint density at radius 2 is 2.11 bits per heavy atom. The Morgan fingerprint density at radius 1 is 1.44 bits per heavy atom. The lowest BCUT2D eigenvalue weighted by molar-refractivity contribution is 0.0695. The highest BCUT2D eigenvalue weighted by Crippen LogP contribution is 2.19. The molecule has 0 unspecified atom stereocenters. The summed E-state index contributed by atoms with van der Waals surface area (Å²) in [6.07, 6.45) is 1.00. The molecule has 2 rings (SSSR count). The number of hydrogen-bond acceptors (Lipinski definition) is 3. The average Bonchev–Trinajstić information content (AvgIpc) is 2.32. The Labute approximate surface area is 101 Å². The van der Waals surface area contributed by atoms with E-state index in [-0.39, 0.29) is 0 Å². The van der Waals surface area contributed by atoms with Crippen LogP contribution in [-0.4, -0.2) is 22.5 Å². The number of rotatable bonds is 2. The van der Waals surface area contributed by atoms with Crippen LogP contribution in [0, 0.1) is 12.7 Å². The number of halogens is 1. The van der Waals surface area contributed by atoms with E-state index in [1.165, 1.54) is 12.1 Å². The Kier molecular flexibility index (Phi) is 2.78. The Morgan fingerprint density at radius 3 is 2.67 bits per heavy atom. The summed E-state index contributed by atoms with van der Waals surface area (Å²) in [6, 6.07) is 2.74. The molecule has 0 spiro atoms. The zero-order valence-electron chi connectivity index (χ0n) is 9.82. The summed E-state index contributed by atoms with van der Waals surface area (Å²) in [5.74, 6) is -1.90. The van der Waals surface area contributed by atoms with Crippen LogP contribution in [-0.2, 0) is 0 Å². The summed E-state index contributed by atoms with van der Waals surface area (Å²) >= 11 is 0. The highest BCUT2D eigenvalue weighted by Gasteiger charge is 2.15. The van der Waals surface area contributed by atoms with E-state index in [0.717, 1.165) is 10.6 Å². The lowest BCUT2D eigenvalue weighted by atomic mass is 10.1. The Hall–Kier alpha value is -2.37. The lowest BCUT2D eigenvalue weighted by Gasteiger charge is -2.10. The molecule has 0 aliphatic heterocycles. The third-order valence-corrected chi connectivity index (χ3v) is 2.75. The number of nitrogens with zero attached hydrogens (tertiary/aromatic N) is 1. The molecule has 0 atom stereocenters. The van der Waals surface area contributed by atoms with Crippen molar-refractivity contribution in [3.8, 4) is 0 Å². The number of pyridine rings is 2. The van der Waals surface area contributed by atoms with Gasteiger partial charge in [-0.2, -0.15) is 0 Å². The SMILES string of the molecule is CNc1cc(C(=O)O)c(=O)n2cc(F)c(C)cc12. The van der Waals surface area contributed by atoms with E-state index in [2.05, 4.69) is 5.32 Å². The van der Waals surface area contributed by atoms with Gasteiger partial charge in [0.25, 0.3) is 5.56 Å². The summed E-state index contributed by atoms with van der Waals surface area (Å²) in [5.41, 5.74) is 0.117. The molecular formula is C12H11FN2O3. The monoisotopic (exact) mass is 250 g/mol. The van der Waals surface area contributed by atoms with Gasteiger partial charge in [-0.05, 0) is 24.6 Å². The van der Waals surface area contributed by atoms with Crippen LogP contribution in [0.3, 0.4) is 0 Å². The predicted octanol–water partition coefficient (Wildman–Crippen LogP) is 1.49. The van der Waals surface area contributed by atoms with Crippen molar-refractivity contribution in [3.63, 3.8) is 0 Å². The van der Waals surface area contributed by atoms with Gasteiger partial charge in [0.1, 0.15) is 11.4 Å². The second-order valence-electron chi connectivity index (χ2n) is 3.89. The first-order chi connectivity index (χ1) is 8.45. The minimum Gasteiger partial charge on any atom is -0.477 e. The van der Waals surface area contributed by atoms with Gasteiger partial charge in [-0.25, -0.2) is 9.18 Å². The van der Waals surface area contributed by atoms with Crippen LogP contribution in [0.25, 0.3) is 5.52 Å². The highest BCUT2D eigenvalue weighted by molar-refractivity contribution is 5.90. The van der Waals surface area contributed by atoms with Gasteiger partial charge < -0.3 is 10.4 Å². The predicted molar refractivity (Wildman–Crippen MR) is 64.9 cm³/mol. The molecule has 0 aliphatic carbocycles. The van der Waals surface area contributed by atoms with Crippen molar-refractivity contribution in [2.24, 2.45) is 0 Å². The Balaban J connectivity index is 2.99. The molecule has 0 saturated heterocycles. The number of anilines is 1. The minimum atomic E-state index is -1.34. The van der Waals surface area contributed by atoms with Gasteiger partial charge in [0, 0.05) is 13.2 Å². The zero-order valence-corrected chi connectivity index (χ0v) is 9.82. The molecule has 2 aromatic rings. The molecule has 0 fully saturated rings. The average molecular weight is 250 g/mol. The summed E-state index contributed by atoms with van der Waals surface area (Å²) in [5, 5.41) is 11.7. The van der Waals surface area contributed by atoms with Crippen LogP contribution >= 0.6 is 0 Å². The van der Waals surface area contributed by atoms with Gasteiger partial charge in [0.2, 0.25) is 0 Å². The van der Waals surface area contributed by atoms with Gasteiger partial charge in [-0.15, -0.1) is 0 Å².